The van der Waals surface area contributed by atoms with Crippen molar-refractivity contribution in [1.29, 1.82) is 0 Å². The minimum absolute atomic E-state index is 0.283. The molecule has 0 aromatic carbocycles. The molecule has 68 valence electrons. The van der Waals surface area contributed by atoms with Crippen LogP contribution in [0, 0.1) is 0 Å². The van der Waals surface area contributed by atoms with E-state index in [-0.39, 0.29) is 6.42 Å². The summed E-state index contributed by atoms with van der Waals surface area (Å²) >= 11 is 0. The van der Waals surface area contributed by atoms with Crippen LogP contribution in [-0.2, 0) is 9.59 Å². The Labute approximate surface area is 68.9 Å². The summed E-state index contributed by atoms with van der Waals surface area (Å²) in [4.78, 5) is 20.5. The number of hydrogen-bond donors (Lipinski definition) is 3. The number of carboxylic acids is 2. The fraction of sp³-hybridized carbons (Fsp3) is 0.429. The highest BCUT2D eigenvalue weighted by atomic mass is 16.4. The van der Waals surface area contributed by atoms with Gasteiger partial charge in [-0.25, -0.2) is 4.79 Å². The zero-order valence-electron chi connectivity index (χ0n) is 6.36. The summed E-state index contributed by atoms with van der Waals surface area (Å²) in [7, 11) is 0. The van der Waals surface area contributed by atoms with Gasteiger partial charge in [-0.1, -0.05) is 6.08 Å². The van der Waals surface area contributed by atoms with Crippen molar-refractivity contribution in [1.82, 2.24) is 0 Å². The van der Waals surface area contributed by atoms with Gasteiger partial charge < -0.3 is 15.3 Å². The van der Waals surface area contributed by atoms with Crippen molar-refractivity contribution in [3.05, 3.63) is 12.7 Å². The van der Waals surface area contributed by atoms with E-state index in [1.54, 1.807) is 0 Å². The third kappa shape index (κ3) is 2.71. The quantitative estimate of drug-likeness (QED) is 0.504. The third-order valence-electron chi connectivity index (χ3n) is 1.32. The fourth-order valence-electron chi connectivity index (χ4n) is 0.724. The minimum atomic E-state index is -2.23. The molecule has 0 saturated heterocycles. The van der Waals surface area contributed by atoms with Crippen LogP contribution in [0.15, 0.2) is 12.7 Å². The van der Waals surface area contributed by atoms with Crippen LogP contribution >= 0.6 is 0 Å². The Morgan fingerprint density at radius 2 is 1.92 bits per heavy atom. The zero-order valence-corrected chi connectivity index (χ0v) is 6.36. The van der Waals surface area contributed by atoms with Crippen molar-refractivity contribution in [3.63, 3.8) is 0 Å². The van der Waals surface area contributed by atoms with Crippen LogP contribution in [0.5, 0.6) is 0 Å². The topological polar surface area (TPSA) is 94.8 Å². The van der Waals surface area contributed by atoms with Gasteiger partial charge in [-0.2, -0.15) is 0 Å². The standard InChI is InChI=1S/C7H10O5/c1-2-3-7(12,6(10)11)4-5(8)9/h2,12H,1,3-4H2,(H,8,9)(H,10,11)/t7-/m0/s1. The number of carboxylic acid groups (broad SMARTS) is 2. The molecule has 3 N–H and O–H groups in total. The molecule has 5 heteroatoms. The van der Waals surface area contributed by atoms with Crippen molar-refractivity contribution in [2.75, 3.05) is 0 Å². The molecule has 0 aliphatic heterocycles. The van der Waals surface area contributed by atoms with Gasteiger partial charge in [-0.15, -0.1) is 6.58 Å². The van der Waals surface area contributed by atoms with Crippen LogP contribution in [0.4, 0.5) is 0 Å². The van der Waals surface area contributed by atoms with Gasteiger partial charge >= 0.3 is 11.9 Å². The van der Waals surface area contributed by atoms with Gasteiger partial charge in [-0.3, -0.25) is 4.79 Å². The van der Waals surface area contributed by atoms with Crippen LogP contribution in [0.1, 0.15) is 12.8 Å². The summed E-state index contributed by atoms with van der Waals surface area (Å²) < 4.78 is 0. The van der Waals surface area contributed by atoms with Gasteiger partial charge in [0.2, 0.25) is 0 Å². The average molecular weight is 174 g/mol. The van der Waals surface area contributed by atoms with E-state index in [1.807, 2.05) is 0 Å². The highest BCUT2D eigenvalue weighted by molar-refractivity contribution is 5.83. The van der Waals surface area contributed by atoms with Crippen LogP contribution in [0.25, 0.3) is 0 Å². The Bertz CT molecular complexity index is 210. The number of rotatable bonds is 5. The molecule has 0 aliphatic rings. The number of aliphatic carboxylic acids is 2. The normalized spacial score (nSPS) is 14.8. The lowest BCUT2D eigenvalue weighted by Gasteiger charge is -2.18. The predicted octanol–water partition coefficient (Wildman–Crippen LogP) is -0.147. The molecular weight excluding hydrogens is 164 g/mol. The largest absolute Gasteiger partial charge is 0.481 e. The predicted molar refractivity (Wildman–Crippen MR) is 39.7 cm³/mol. The molecule has 1 atom stereocenters. The summed E-state index contributed by atoms with van der Waals surface area (Å²) in [6, 6.07) is 0. The molecule has 0 aromatic heterocycles. The third-order valence-corrected chi connectivity index (χ3v) is 1.32. The summed E-state index contributed by atoms with van der Waals surface area (Å²) in [6.45, 7) is 3.22. The molecule has 0 aliphatic carbocycles. The van der Waals surface area contributed by atoms with Crippen molar-refractivity contribution >= 4 is 11.9 Å². The zero-order chi connectivity index (χ0) is 9.78. The second-order valence-corrected chi connectivity index (χ2v) is 2.40. The van der Waals surface area contributed by atoms with E-state index < -0.39 is 24.0 Å². The van der Waals surface area contributed by atoms with Crippen molar-refractivity contribution in [3.8, 4) is 0 Å². The Balaban J connectivity index is 4.49. The lowest BCUT2D eigenvalue weighted by molar-refractivity contribution is -0.164. The van der Waals surface area contributed by atoms with Crippen molar-refractivity contribution in [2.24, 2.45) is 0 Å². The smallest absolute Gasteiger partial charge is 0.336 e. The average Bonchev–Trinajstić information content (AvgIpc) is 1.85. The molecule has 12 heavy (non-hydrogen) atoms. The highest BCUT2D eigenvalue weighted by Crippen LogP contribution is 2.15. The maximum atomic E-state index is 10.4. The molecule has 0 spiro atoms. The highest BCUT2D eigenvalue weighted by Gasteiger charge is 2.36. The maximum Gasteiger partial charge on any atom is 0.336 e. The SMILES string of the molecule is C=CC[C@](O)(CC(=O)O)C(=O)O. The first-order valence-electron chi connectivity index (χ1n) is 3.21. The number of hydrogen-bond acceptors (Lipinski definition) is 3. The van der Waals surface area contributed by atoms with E-state index in [0.717, 1.165) is 6.08 Å². The number of aliphatic hydroxyl groups is 1. The molecule has 0 saturated carbocycles. The molecule has 0 bridgehead atoms. The van der Waals surface area contributed by atoms with Gasteiger partial charge in [0.05, 0.1) is 6.42 Å². The Morgan fingerprint density at radius 3 is 2.17 bits per heavy atom. The summed E-state index contributed by atoms with van der Waals surface area (Å²) in [5.74, 6) is -2.91. The molecule has 0 amide bonds. The second kappa shape index (κ2) is 3.87. The Hall–Kier alpha value is -1.36. The first-order valence-corrected chi connectivity index (χ1v) is 3.21. The van der Waals surface area contributed by atoms with E-state index >= 15 is 0 Å². The fourth-order valence-corrected chi connectivity index (χ4v) is 0.724. The summed E-state index contributed by atoms with van der Waals surface area (Å²) in [5, 5.41) is 25.9. The van der Waals surface area contributed by atoms with Crippen LogP contribution in [-0.4, -0.2) is 32.9 Å². The van der Waals surface area contributed by atoms with Crippen LogP contribution < -0.4 is 0 Å². The van der Waals surface area contributed by atoms with Gasteiger partial charge in [0, 0.05) is 6.42 Å². The minimum Gasteiger partial charge on any atom is -0.481 e. The number of carbonyl (C=O) groups is 2. The molecular formula is C7H10O5. The van der Waals surface area contributed by atoms with Crippen LogP contribution in [0.3, 0.4) is 0 Å². The second-order valence-electron chi connectivity index (χ2n) is 2.40. The first kappa shape index (κ1) is 10.6. The Morgan fingerprint density at radius 1 is 1.42 bits per heavy atom. The summed E-state index contributed by atoms with van der Waals surface area (Å²) in [5.41, 5.74) is -2.23. The molecule has 0 unspecified atom stereocenters. The van der Waals surface area contributed by atoms with Crippen LogP contribution in [0.2, 0.25) is 0 Å². The monoisotopic (exact) mass is 174 g/mol. The van der Waals surface area contributed by atoms with E-state index in [2.05, 4.69) is 6.58 Å². The van der Waals surface area contributed by atoms with Gasteiger partial charge in [0.15, 0.2) is 5.60 Å². The molecule has 0 aromatic rings. The van der Waals surface area contributed by atoms with E-state index in [1.165, 1.54) is 0 Å². The van der Waals surface area contributed by atoms with E-state index in [4.69, 9.17) is 10.2 Å². The van der Waals surface area contributed by atoms with Gasteiger partial charge in [-0.05, 0) is 0 Å². The van der Waals surface area contributed by atoms with Crippen molar-refractivity contribution in [2.45, 2.75) is 18.4 Å². The molecule has 0 rings (SSSR count). The summed E-state index contributed by atoms with van der Waals surface area (Å²) in [6.07, 6.45) is 0.0556. The molecule has 0 radical (unpaired) electrons. The van der Waals surface area contributed by atoms with E-state index in [9.17, 15) is 14.7 Å². The Kier molecular flexibility index (Phi) is 3.43. The van der Waals surface area contributed by atoms with Crippen molar-refractivity contribution < 1.29 is 24.9 Å². The molecule has 5 nitrogen and oxygen atoms in total. The lowest BCUT2D eigenvalue weighted by Crippen LogP contribution is -2.40. The molecule has 0 fully saturated rings. The molecule has 0 heterocycles. The maximum absolute atomic E-state index is 10.4. The van der Waals surface area contributed by atoms with Gasteiger partial charge in [0.25, 0.3) is 0 Å². The first-order chi connectivity index (χ1) is 5.42. The lowest BCUT2D eigenvalue weighted by atomic mass is 9.96. The van der Waals surface area contributed by atoms with Gasteiger partial charge in [0.1, 0.15) is 0 Å². The van der Waals surface area contributed by atoms with E-state index in [0.29, 0.717) is 0 Å².